The second-order valence-corrected chi connectivity index (χ2v) is 6.53. The van der Waals surface area contributed by atoms with E-state index < -0.39 is 0 Å². The summed E-state index contributed by atoms with van der Waals surface area (Å²) in [6.07, 6.45) is 2.19. The lowest BCUT2D eigenvalue weighted by atomic mass is 10.1. The van der Waals surface area contributed by atoms with Gasteiger partial charge in [-0.3, -0.25) is 4.68 Å². The number of aromatic nitrogens is 4. The van der Waals surface area contributed by atoms with Crippen LogP contribution < -0.4 is 0 Å². The molecular formula is C14H21ClN4. The molecule has 19 heavy (non-hydrogen) atoms. The van der Waals surface area contributed by atoms with Crippen LogP contribution in [0.25, 0.3) is 11.2 Å². The van der Waals surface area contributed by atoms with Gasteiger partial charge in [-0.05, 0) is 24.2 Å². The number of rotatable bonds is 4. The van der Waals surface area contributed by atoms with Gasteiger partial charge in [0.1, 0.15) is 11.3 Å². The largest absolute Gasteiger partial charge is 0.312 e. The van der Waals surface area contributed by atoms with E-state index in [2.05, 4.69) is 30.4 Å². The summed E-state index contributed by atoms with van der Waals surface area (Å²) in [6, 6.07) is 0. The Kier molecular flexibility index (Phi) is 2.89. The summed E-state index contributed by atoms with van der Waals surface area (Å²) >= 11 is 6.07. The van der Waals surface area contributed by atoms with Crippen molar-refractivity contribution in [3.8, 4) is 0 Å². The molecule has 0 radical (unpaired) electrons. The first-order valence-electron chi connectivity index (χ1n) is 6.95. The Balaban J connectivity index is 2.08. The summed E-state index contributed by atoms with van der Waals surface area (Å²) in [4.78, 5) is 4.70. The third-order valence-electron chi connectivity index (χ3n) is 4.45. The highest BCUT2D eigenvalue weighted by atomic mass is 35.5. The maximum absolute atomic E-state index is 6.07. The van der Waals surface area contributed by atoms with Crippen molar-refractivity contribution < 1.29 is 0 Å². The molecule has 1 saturated carbocycles. The molecule has 0 N–H and O–H groups in total. The standard InChI is InChI=1S/C14H21ClN4/c1-5-10-12-13(18(4)17-10)19(11(7-15)16-12)8-9-6-14(9,2)3/h9H,5-8H2,1-4H3. The lowest BCUT2D eigenvalue weighted by molar-refractivity contribution is 0.493. The Hall–Kier alpha value is -1.03. The normalized spacial score (nSPS) is 21.2. The predicted molar refractivity (Wildman–Crippen MR) is 77.3 cm³/mol. The number of hydrogen-bond donors (Lipinski definition) is 0. The minimum atomic E-state index is 0.463. The van der Waals surface area contributed by atoms with Crippen molar-refractivity contribution in [1.82, 2.24) is 19.3 Å². The maximum atomic E-state index is 6.07. The molecule has 3 rings (SSSR count). The van der Waals surface area contributed by atoms with E-state index in [-0.39, 0.29) is 0 Å². The van der Waals surface area contributed by atoms with Crippen LogP contribution in [0.2, 0.25) is 0 Å². The van der Waals surface area contributed by atoms with E-state index in [1.165, 1.54) is 6.42 Å². The molecule has 4 nitrogen and oxygen atoms in total. The number of alkyl halides is 1. The SMILES string of the molecule is CCc1nn(C)c2c1nc(CCl)n2CC1CC1(C)C. The number of nitrogens with zero attached hydrogens (tertiary/aromatic N) is 4. The molecule has 104 valence electrons. The van der Waals surface area contributed by atoms with Crippen molar-refractivity contribution in [2.75, 3.05) is 0 Å². The zero-order chi connectivity index (χ0) is 13.8. The number of hydrogen-bond acceptors (Lipinski definition) is 2. The Morgan fingerprint density at radius 2 is 2.11 bits per heavy atom. The number of aryl methyl sites for hydroxylation is 2. The van der Waals surface area contributed by atoms with E-state index >= 15 is 0 Å². The van der Waals surface area contributed by atoms with Crippen LogP contribution in [0.15, 0.2) is 0 Å². The molecule has 0 aliphatic heterocycles. The summed E-state index contributed by atoms with van der Waals surface area (Å²) in [7, 11) is 2.00. The van der Waals surface area contributed by atoms with E-state index in [1.54, 1.807) is 0 Å². The number of imidazole rings is 1. The number of halogens is 1. The molecule has 2 aromatic rings. The first-order chi connectivity index (χ1) is 8.97. The molecule has 0 bridgehead atoms. The minimum absolute atomic E-state index is 0.463. The molecule has 0 spiro atoms. The first kappa shape index (κ1) is 13.0. The minimum Gasteiger partial charge on any atom is -0.312 e. The van der Waals surface area contributed by atoms with Crippen molar-refractivity contribution in [3.05, 3.63) is 11.5 Å². The molecule has 1 aliphatic carbocycles. The summed E-state index contributed by atoms with van der Waals surface area (Å²) in [5.74, 6) is 2.17. The highest BCUT2D eigenvalue weighted by Crippen LogP contribution is 2.52. The molecule has 2 aromatic heterocycles. The Bertz CT molecular complexity index is 623. The topological polar surface area (TPSA) is 35.6 Å². The predicted octanol–water partition coefficient (Wildman–Crippen LogP) is 3.12. The molecule has 1 atom stereocenters. The van der Waals surface area contributed by atoms with Crippen LogP contribution in [0.4, 0.5) is 0 Å². The van der Waals surface area contributed by atoms with E-state index in [1.807, 2.05) is 11.7 Å². The zero-order valence-electron chi connectivity index (χ0n) is 12.1. The Labute approximate surface area is 118 Å². The third-order valence-corrected chi connectivity index (χ3v) is 4.68. The van der Waals surface area contributed by atoms with Gasteiger partial charge in [0.05, 0.1) is 11.6 Å². The van der Waals surface area contributed by atoms with Gasteiger partial charge in [0.15, 0.2) is 5.65 Å². The second kappa shape index (κ2) is 4.23. The molecule has 5 heteroatoms. The fraction of sp³-hybridized carbons (Fsp3) is 0.714. The second-order valence-electron chi connectivity index (χ2n) is 6.26. The van der Waals surface area contributed by atoms with Gasteiger partial charge in [0, 0.05) is 13.6 Å². The summed E-state index contributed by atoms with van der Waals surface area (Å²) < 4.78 is 4.22. The van der Waals surface area contributed by atoms with Crippen LogP contribution >= 0.6 is 11.6 Å². The van der Waals surface area contributed by atoms with E-state index in [0.717, 1.165) is 41.6 Å². The maximum Gasteiger partial charge on any atom is 0.158 e. The molecule has 0 saturated heterocycles. The summed E-state index contributed by atoms with van der Waals surface area (Å²) in [5, 5.41) is 4.56. The van der Waals surface area contributed by atoms with Gasteiger partial charge in [-0.15, -0.1) is 11.6 Å². The summed E-state index contributed by atoms with van der Waals surface area (Å²) in [6.45, 7) is 7.78. The van der Waals surface area contributed by atoms with Gasteiger partial charge < -0.3 is 4.57 Å². The van der Waals surface area contributed by atoms with Crippen LogP contribution in [0.5, 0.6) is 0 Å². The van der Waals surface area contributed by atoms with Gasteiger partial charge in [-0.2, -0.15) is 5.10 Å². The van der Waals surface area contributed by atoms with Crippen molar-refractivity contribution in [3.63, 3.8) is 0 Å². The molecule has 1 fully saturated rings. The van der Waals surface area contributed by atoms with E-state index in [9.17, 15) is 0 Å². The quantitative estimate of drug-likeness (QED) is 0.807. The summed E-state index contributed by atoms with van der Waals surface area (Å²) in [5.41, 5.74) is 3.68. The lowest BCUT2D eigenvalue weighted by Crippen LogP contribution is -2.10. The van der Waals surface area contributed by atoms with Gasteiger partial charge in [-0.1, -0.05) is 20.8 Å². The first-order valence-corrected chi connectivity index (χ1v) is 7.48. The molecule has 1 aliphatic rings. The van der Waals surface area contributed by atoms with Crippen LogP contribution in [0.1, 0.15) is 38.7 Å². The molecule has 0 amide bonds. The van der Waals surface area contributed by atoms with Crippen LogP contribution in [-0.4, -0.2) is 19.3 Å². The Morgan fingerprint density at radius 1 is 1.42 bits per heavy atom. The highest BCUT2D eigenvalue weighted by Gasteiger charge is 2.46. The van der Waals surface area contributed by atoms with Gasteiger partial charge in [0.25, 0.3) is 0 Å². The van der Waals surface area contributed by atoms with Crippen molar-refractivity contribution in [2.24, 2.45) is 18.4 Å². The van der Waals surface area contributed by atoms with Crippen molar-refractivity contribution >= 4 is 22.8 Å². The Morgan fingerprint density at radius 3 is 2.63 bits per heavy atom. The van der Waals surface area contributed by atoms with Crippen molar-refractivity contribution in [2.45, 2.75) is 46.0 Å². The van der Waals surface area contributed by atoms with Crippen LogP contribution in [-0.2, 0) is 25.9 Å². The lowest BCUT2D eigenvalue weighted by Gasteiger charge is -2.09. The van der Waals surface area contributed by atoms with Gasteiger partial charge in [0.2, 0.25) is 0 Å². The fourth-order valence-electron chi connectivity index (χ4n) is 2.93. The zero-order valence-corrected chi connectivity index (χ0v) is 12.8. The molecule has 2 heterocycles. The average Bonchev–Trinajstić information content (AvgIpc) is 2.74. The fourth-order valence-corrected chi connectivity index (χ4v) is 3.13. The van der Waals surface area contributed by atoms with Gasteiger partial charge in [-0.25, -0.2) is 4.98 Å². The van der Waals surface area contributed by atoms with E-state index in [4.69, 9.17) is 16.6 Å². The third kappa shape index (κ3) is 1.97. The van der Waals surface area contributed by atoms with Crippen LogP contribution in [0.3, 0.4) is 0 Å². The smallest absolute Gasteiger partial charge is 0.158 e. The highest BCUT2D eigenvalue weighted by molar-refractivity contribution is 6.16. The average molecular weight is 281 g/mol. The van der Waals surface area contributed by atoms with Crippen LogP contribution in [0, 0.1) is 11.3 Å². The van der Waals surface area contributed by atoms with Gasteiger partial charge >= 0.3 is 0 Å². The monoisotopic (exact) mass is 280 g/mol. The van der Waals surface area contributed by atoms with E-state index in [0.29, 0.717) is 11.3 Å². The van der Waals surface area contributed by atoms with Crippen molar-refractivity contribution in [1.29, 1.82) is 0 Å². The molecule has 0 aromatic carbocycles. The molecule has 1 unspecified atom stereocenters. The molecular weight excluding hydrogens is 260 g/mol. The number of fused-ring (bicyclic) bond motifs is 1.